The topological polar surface area (TPSA) is 22.1 Å². The average Bonchev–Trinajstić information content (AvgIpc) is 2.42. The fraction of sp³-hybridized carbons (Fsp3) is 0.438. The molecule has 0 aliphatic carbocycles. The van der Waals surface area contributed by atoms with Gasteiger partial charge in [-0.2, -0.15) is 0 Å². The van der Waals surface area contributed by atoms with Gasteiger partial charge >= 0.3 is 0 Å². The summed E-state index contributed by atoms with van der Waals surface area (Å²) in [4.78, 5) is 4.56. The Kier molecular flexibility index (Phi) is 6.20. The quantitative estimate of drug-likeness (QED) is 0.784. The monoisotopic (exact) mass is 245 g/mol. The van der Waals surface area contributed by atoms with E-state index >= 15 is 0 Å². The van der Waals surface area contributed by atoms with Crippen LogP contribution in [-0.2, 0) is 6.42 Å². The van der Waals surface area contributed by atoms with Crippen LogP contribution >= 0.6 is 0 Å². The molecule has 0 saturated carbocycles. The number of hydrogen-bond donors (Lipinski definition) is 0. The first-order chi connectivity index (χ1) is 8.85. The zero-order valence-electron chi connectivity index (χ0n) is 11.9. The van der Waals surface area contributed by atoms with Crippen molar-refractivity contribution in [2.24, 2.45) is 0 Å². The molecular weight excluding hydrogens is 222 g/mol. The fourth-order valence-electron chi connectivity index (χ4n) is 1.89. The Hall–Kier alpha value is -1.57. The molecule has 0 atom stereocenters. The van der Waals surface area contributed by atoms with Crippen LogP contribution in [-0.4, -0.2) is 11.6 Å². The second kappa shape index (κ2) is 7.70. The highest BCUT2D eigenvalue weighted by atomic mass is 16.5. The largest absolute Gasteiger partial charge is 0.478 e. The first-order valence-corrected chi connectivity index (χ1v) is 6.86. The lowest BCUT2D eigenvalue weighted by Gasteiger charge is -2.08. The summed E-state index contributed by atoms with van der Waals surface area (Å²) in [6.45, 7) is 8.82. The lowest BCUT2D eigenvalue weighted by Crippen LogP contribution is -1.98. The van der Waals surface area contributed by atoms with Crippen LogP contribution in [0, 0.1) is 0 Å². The van der Waals surface area contributed by atoms with Gasteiger partial charge in [0.1, 0.15) is 0 Å². The van der Waals surface area contributed by atoms with E-state index in [1.54, 1.807) is 0 Å². The molecule has 0 amide bonds. The summed E-state index contributed by atoms with van der Waals surface area (Å²) < 4.78 is 5.49. The van der Waals surface area contributed by atoms with Crippen molar-refractivity contribution in [1.29, 1.82) is 0 Å². The summed E-state index contributed by atoms with van der Waals surface area (Å²) in [5.41, 5.74) is 1.14. The van der Waals surface area contributed by atoms with E-state index in [9.17, 15) is 0 Å². The Morgan fingerprint density at radius 3 is 2.50 bits per heavy atom. The Morgan fingerprint density at radius 2 is 1.83 bits per heavy atom. The van der Waals surface area contributed by atoms with E-state index < -0.39 is 0 Å². The molecule has 2 aromatic rings. The molecule has 18 heavy (non-hydrogen) atoms. The molecule has 0 saturated heterocycles. The van der Waals surface area contributed by atoms with Gasteiger partial charge in [-0.1, -0.05) is 51.5 Å². The van der Waals surface area contributed by atoms with Crippen molar-refractivity contribution in [3.63, 3.8) is 0 Å². The van der Waals surface area contributed by atoms with Crippen molar-refractivity contribution in [3.05, 3.63) is 36.0 Å². The maximum Gasteiger partial charge on any atom is 0.214 e. The standard InChI is InChI=1S/C14H17NO.C2H6/c1-3-7-13-12-9-6-5-8-11(12)10-14(15-13)16-4-2;1-2/h5-6,8-10H,3-4,7H2,1-2H3;1-2H3. The minimum absolute atomic E-state index is 0.664. The highest BCUT2D eigenvalue weighted by Gasteiger charge is 2.05. The number of ether oxygens (including phenoxy) is 1. The van der Waals surface area contributed by atoms with Crippen molar-refractivity contribution in [3.8, 4) is 5.88 Å². The first-order valence-electron chi connectivity index (χ1n) is 6.86. The molecule has 0 spiro atoms. The third-order valence-electron chi connectivity index (χ3n) is 2.57. The maximum absolute atomic E-state index is 5.49. The van der Waals surface area contributed by atoms with Crippen LogP contribution in [0.3, 0.4) is 0 Å². The summed E-state index contributed by atoms with van der Waals surface area (Å²) in [7, 11) is 0. The molecule has 0 fully saturated rings. The highest BCUT2D eigenvalue weighted by Crippen LogP contribution is 2.23. The predicted molar refractivity (Wildman–Crippen MR) is 78.3 cm³/mol. The third-order valence-corrected chi connectivity index (χ3v) is 2.57. The van der Waals surface area contributed by atoms with Crippen molar-refractivity contribution in [1.82, 2.24) is 4.98 Å². The summed E-state index contributed by atoms with van der Waals surface area (Å²) >= 11 is 0. The van der Waals surface area contributed by atoms with Gasteiger partial charge in [-0.05, 0) is 18.7 Å². The summed E-state index contributed by atoms with van der Waals surface area (Å²) in [6.07, 6.45) is 2.11. The molecule has 2 rings (SSSR count). The first kappa shape index (κ1) is 14.5. The minimum Gasteiger partial charge on any atom is -0.478 e. The third kappa shape index (κ3) is 3.46. The zero-order valence-corrected chi connectivity index (χ0v) is 11.9. The van der Waals surface area contributed by atoms with Crippen LogP contribution in [0.15, 0.2) is 30.3 Å². The van der Waals surface area contributed by atoms with Crippen LogP contribution in [0.5, 0.6) is 5.88 Å². The zero-order chi connectivity index (χ0) is 13.4. The van der Waals surface area contributed by atoms with Crippen molar-refractivity contribution < 1.29 is 4.74 Å². The van der Waals surface area contributed by atoms with Crippen LogP contribution in [0.1, 0.15) is 39.8 Å². The average molecular weight is 245 g/mol. The number of aryl methyl sites for hydroxylation is 1. The van der Waals surface area contributed by atoms with Gasteiger partial charge in [0.2, 0.25) is 5.88 Å². The molecule has 2 heteroatoms. The number of nitrogens with zero attached hydrogens (tertiary/aromatic N) is 1. The molecule has 2 nitrogen and oxygen atoms in total. The molecule has 0 unspecified atom stereocenters. The van der Waals surface area contributed by atoms with Gasteiger partial charge in [-0.3, -0.25) is 0 Å². The molecule has 0 N–H and O–H groups in total. The Balaban J connectivity index is 0.000000771. The predicted octanol–water partition coefficient (Wildman–Crippen LogP) is 4.61. The smallest absolute Gasteiger partial charge is 0.214 e. The van der Waals surface area contributed by atoms with Gasteiger partial charge in [-0.25, -0.2) is 4.98 Å². The number of pyridine rings is 1. The number of hydrogen-bond acceptors (Lipinski definition) is 2. The Bertz CT molecular complexity index is 479. The number of benzene rings is 1. The van der Waals surface area contributed by atoms with E-state index in [1.807, 2.05) is 32.9 Å². The van der Waals surface area contributed by atoms with Gasteiger partial charge in [0.05, 0.1) is 12.3 Å². The number of fused-ring (bicyclic) bond motifs is 1. The minimum atomic E-state index is 0.664. The molecule has 0 aliphatic heterocycles. The SMILES string of the molecule is CC.CCCc1nc(OCC)cc2ccccc12. The van der Waals surface area contributed by atoms with E-state index in [4.69, 9.17) is 4.74 Å². The Labute approximate surface area is 110 Å². The molecule has 98 valence electrons. The highest BCUT2D eigenvalue weighted by molar-refractivity contribution is 5.85. The van der Waals surface area contributed by atoms with E-state index in [1.165, 1.54) is 10.8 Å². The lowest BCUT2D eigenvalue weighted by molar-refractivity contribution is 0.326. The summed E-state index contributed by atoms with van der Waals surface area (Å²) in [5.74, 6) is 0.740. The van der Waals surface area contributed by atoms with Crippen LogP contribution < -0.4 is 4.74 Å². The van der Waals surface area contributed by atoms with Crippen LogP contribution in [0.25, 0.3) is 10.8 Å². The molecule has 1 aromatic carbocycles. The van der Waals surface area contributed by atoms with E-state index in [0.29, 0.717) is 6.61 Å². The van der Waals surface area contributed by atoms with Gasteiger partial charge in [0, 0.05) is 11.5 Å². The summed E-state index contributed by atoms with van der Waals surface area (Å²) in [5, 5.41) is 2.46. The second-order valence-corrected chi connectivity index (χ2v) is 3.81. The fourth-order valence-corrected chi connectivity index (χ4v) is 1.89. The number of rotatable bonds is 4. The van der Waals surface area contributed by atoms with Crippen molar-refractivity contribution >= 4 is 10.8 Å². The lowest BCUT2D eigenvalue weighted by atomic mass is 10.1. The van der Waals surface area contributed by atoms with Crippen LogP contribution in [0.4, 0.5) is 0 Å². The molecule has 1 heterocycles. The maximum atomic E-state index is 5.49. The Morgan fingerprint density at radius 1 is 1.11 bits per heavy atom. The van der Waals surface area contributed by atoms with Gasteiger partial charge in [0.25, 0.3) is 0 Å². The van der Waals surface area contributed by atoms with Crippen molar-refractivity contribution in [2.75, 3.05) is 6.61 Å². The molecular formula is C16H23NO. The molecule has 0 aliphatic rings. The van der Waals surface area contributed by atoms with Crippen molar-refractivity contribution in [2.45, 2.75) is 40.5 Å². The van der Waals surface area contributed by atoms with Gasteiger partial charge < -0.3 is 4.74 Å². The van der Waals surface area contributed by atoms with E-state index in [2.05, 4.69) is 30.1 Å². The van der Waals surface area contributed by atoms with Crippen LogP contribution in [0.2, 0.25) is 0 Å². The second-order valence-electron chi connectivity index (χ2n) is 3.81. The van der Waals surface area contributed by atoms with E-state index in [0.717, 1.165) is 24.4 Å². The molecule has 0 bridgehead atoms. The molecule has 1 aromatic heterocycles. The van der Waals surface area contributed by atoms with E-state index in [-0.39, 0.29) is 0 Å². The number of aromatic nitrogens is 1. The van der Waals surface area contributed by atoms with Gasteiger partial charge in [-0.15, -0.1) is 0 Å². The van der Waals surface area contributed by atoms with Gasteiger partial charge in [0.15, 0.2) is 0 Å². The summed E-state index contributed by atoms with van der Waals surface area (Å²) in [6, 6.07) is 10.4. The molecule has 0 radical (unpaired) electrons. The normalized spacial score (nSPS) is 9.78.